The molecule has 0 N–H and O–H groups in total. The van der Waals surface area contributed by atoms with Gasteiger partial charge in [0, 0.05) is 0 Å². The molecule has 1 aromatic heterocycles. The number of nitrogens with zero attached hydrogens (tertiary/aromatic N) is 2. The Bertz CT molecular complexity index is 1110. The number of carbonyl (C=O) groups is 1. The molecule has 0 aliphatic heterocycles. The van der Waals surface area contributed by atoms with Gasteiger partial charge in [-0.1, -0.05) is 53.5 Å². The molecule has 0 spiro atoms. The first-order chi connectivity index (χ1) is 14.1. The van der Waals surface area contributed by atoms with E-state index >= 15 is 0 Å². The topological polar surface area (TPSA) is 52.1 Å². The molecular weight excluding hydrogens is 454 g/mol. The molecule has 11 heteroatoms. The number of ketones is 1. The SMILES string of the molecule is O=C(c1cc(C(F)(F)F)c(F)c(OCc2ccccc2)c1F)c1nnc(Cl)cc1Cl. The third-order valence-electron chi connectivity index (χ3n) is 3.87. The van der Waals surface area contributed by atoms with Gasteiger partial charge in [-0.25, -0.2) is 8.78 Å². The molecule has 3 rings (SSSR count). The highest BCUT2D eigenvalue weighted by atomic mass is 35.5. The molecule has 156 valence electrons. The third-order valence-corrected chi connectivity index (χ3v) is 4.34. The van der Waals surface area contributed by atoms with Crippen molar-refractivity contribution in [2.75, 3.05) is 0 Å². The summed E-state index contributed by atoms with van der Waals surface area (Å²) in [5.41, 5.74) is -3.24. The van der Waals surface area contributed by atoms with Gasteiger partial charge in [-0.05, 0) is 17.7 Å². The van der Waals surface area contributed by atoms with Crippen molar-refractivity contribution in [3.8, 4) is 5.75 Å². The number of halogens is 7. The van der Waals surface area contributed by atoms with Gasteiger partial charge in [0.25, 0.3) is 0 Å². The maximum atomic E-state index is 14.9. The van der Waals surface area contributed by atoms with Crippen LogP contribution in [0.4, 0.5) is 22.0 Å². The second-order valence-electron chi connectivity index (χ2n) is 5.89. The fourth-order valence-electron chi connectivity index (χ4n) is 2.47. The van der Waals surface area contributed by atoms with E-state index in [1.807, 2.05) is 0 Å². The quantitative estimate of drug-likeness (QED) is 0.350. The van der Waals surface area contributed by atoms with Crippen LogP contribution in [0.2, 0.25) is 10.2 Å². The minimum Gasteiger partial charge on any atom is -0.483 e. The van der Waals surface area contributed by atoms with Gasteiger partial charge in [-0.3, -0.25) is 4.79 Å². The van der Waals surface area contributed by atoms with E-state index < -0.39 is 52.8 Å². The van der Waals surface area contributed by atoms with E-state index in [4.69, 9.17) is 27.9 Å². The summed E-state index contributed by atoms with van der Waals surface area (Å²) in [6, 6.07) is 9.00. The normalized spacial score (nSPS) is 11.4. The lowest BCUT2D eigenvalue weighted by Gasteiger charge is -2.16. The summed E-state index contributed by atoms with van der Waals surface area (Å²) < 4.78 is 74.2. The van der Waals surface area contributed by atoms with Gasteiger partial charge < -0.3 is 4.74 Å². The number of hydrogen-bond donors (Lipinski definition) is 0. The predicted molar refractivity (Wildman–Crippen MR) is 97.6 cm³/mol. The van der Waals surface area contributed by atoms with Gasteiger partial charge in [-0.15, -0.1) is 10.2 Å². The maximum absolute atomic E-state index is 14.9. The smallest absolute Gasteiger partial charge is 0.419 e. The average Bonchev–Trinajstić information content (AvgIpc) is 2.67. The van der Waals surface area contributed by atoms with Crippen LogP contribution < -0.4 is 4.74 Å². The van der Waals surface area contributed by atoms with Crippen LogP contribution in [0, 0.1) is 11.6 Å². The van der Waals surface area contributed by atoms with Crippen LogP contribution in [0.15, 0.2) is 42.5 Å². The summed E-state index contributed by atoms with van der Waals surface area (Å²) in [6.07, 6.45) is -5.23. The molecule has 0 bridgehead atoms. The van der Waals surface area contributed by atoms with Crippen LogP contribution >= 0.6 is 23.2 Å². The first kappa shape index (κ1) is 21.9. The minimum atomic E-state index is -5.23. The molecule has 4 nitrogen and oxygen atoms in total. The Balaban J connectivity index is 2.11. The number of carbonyl (C=O) groups excluding carboxylic acids is 1. The number of rotatable bonds is 5. The molecule has 30 heavy (non-hydrogen) atoms. The fraction of sp³-hybridized carbons (Fsp3) is 0.105. The van der Waals surface area contributed by atoms with Gasteiger partial charge in [0.1, 0.15) is 6.61 Å². The van der Waals surface area contributed by atoms with Crippen molar-refractivity contribution < 1.29 is 31.5 Å². The van der Waals surface area contributed by atoms with E-state index in [-0.39, 0.29) is 16.2 Å². The van der Waals surface area contributed by atoms with Crippen molar-refractivity contribution in [2.24, 2.45) is 0 Å². The van der Waals surface area contributed by atoms with E-state index in [1.165, 1.54) is 0 Å². The Morgan fingerprint density at radius 3 is 2.27 bits per heavy atom. The zero-order chi connectivity index (χ0) is 22.1. The number of ether oxygens (including phenoxy) is 1. The van der Waals surface area contributed by atoms with Crippen LogP contribution in [0.1, 0.15) is 27.2 Å². The Morgan fingerprint density at radius 1 is 1.00 bits per heavy atom. The van der Waals surface area contributed by atoms with Gasteiger partial charge in [0.2, 0.25) is 5.78 Å². The molecule has 3 aromatic rings. The summed E-state index contributed by atoms with van der Waals surface area (Å²) in [5, 5.41) is 6.18. The molecule has 0 amide bonds. The first-order valence-electron chi connectivity index (χ1n) is 8.09. The lowest BCUT2D eigenvalue weighted by atomic mass is 10.0. The monoisotopic (exact) mass is 462 g/mol. The zero-order valence-corrected chi connectivity index (χ0v) is 16.1. The lowest BCUT2D eigenvalue weighted by molar-refractivity contribution is -0.140. The largest absolute Gasteiger partial charge is 0.483 e. The highest BCUT2D eigenvalue weighted by molar-refractivity contribution is 6.36. The summed E-state index contributed by atoms with van der Waals surface area (Å²) in [6.45, 7) is -0.439. The molecule has 0 aliphatic rings. The molecule has 0 radical (unpaired) electrons. The van der Waals surface area contributed by atoms with E-state index in [0.717, 1.165) is 6.07 Å². The second kappa shape index (κ2) is 8.53. The molecule has 0 saturated heterocycles. The number of alkyl halides is 3. The summed E-state index contributed by atoms with van der Waals surface area (Å²) in [5.74, 6) is -6.32. The lowest BCUT2D eigenvalue weighted by Crippen LogP contribution is -2.16. The maximum Gasteiger partial charge on any atom is 0.419 e. The van der Waals surface area contributed by atoms with Gasteiger partial charge >= 0.3 is 6.18 Å². The fourth-order valence-corrected chi connectivity index (χ4v) is 2.90. The van der Waals surface area contributed by atoms with Crippen molar-refractivity contribution in [1.29, 1.82) is 0 Å². The standard InChI is InChI=1S/C19H9Cl2F5N2O2/c20-12-7-13(21)27-28-16(12)17(29)10-6-11(19(24,25)26)15(23)18(14(10)22)30-8-9-4-2-1-3-5-9/h1-7H,8H2. The first-order valence-corrected chi connectivity index (χ1v) is 8.84. The van der Waals surface area contributed by atoms with Crippen molar-refractivity contribution >= 4 is 29.0 Å². The molecule has 0 unspecified atom stereocenters. The zero-order valence-electron chi connectivity index (χ0n) is 14.6. The predicted octanol–water partition coefficient (Wildman–Crippen LogP) is 5.89. The van der Waals surface area contributed by atoms with Crippen LogP contribution in [0.25, 0.3) is 0 Å². The Hall–Kier alpha value is -2.78. The van der Waals surface area contributed by atoms with E-state index in [9.17, 15) is 26.7 Å². The summed E-state index contributed by atoms with van der Waals surface area (Å²) in [7, 11) is 0. The Labute approximate surface area is 176 Å². The van der Waals surface area contributed by atoms with Crippen molar-refractivity contribution in [1.82, 2.24) is 10.2 Å². The third kappa shape index (κ3) is 4.52. The van der Waals surface area contributed by atoms with Crippen LogP contribution in [0.5, 0.6) is 5.75 Å². The molecule has 0 aliphatic carbocycles. The highest BCUT2D eigenvalue weighted by Gasteiger charge is 2.39. The van der Waals surface area contributed by atoms with Crippen molar-refractivity contribution in [3.05, 3.63) is 86.7 Å². The number of benzene rings is 2. The van der Waals surface area contributed by atoms with Crippen LogP contribution in [0.3, 0.4) is 0 Å². The summed E-state index contributed by atoms with van der Waals surface area (Å²) >= 11 is 11.4. The number of aromatic nitrogens is 2. The Morgan fingerprint density at radius 2 is 1.67 bits per heavy atom. The van der Waals surface area contributed by atoms with Crippen LogP contribution in [-0.2, 0) is 12.8 Å². The minimum absolute atomic E-state index is 0.0367. The molecule has 0 fully saturated rings. The molecule has 0 saturated carbocycles. The molecule has 2 aromatic carbocycles. The Kier molecular flexibility index (Phi) is 6.23. The molecule has 1 heterocycles. The van der Waals surface area contributed by atoms with Crippen LogP contribution in [-0.4, -0.2) is 16.0 Å². The average molecular weight is 463 g/mol. The van der Waals surface area contributed by atoms with Crippen molar-refractivity contribution in [3.63, 3.8) is 0 Å². The molecular formula is C19H9Cl2F5N2O2. The van der Waals surface area contributed by atoms with Gasteiger partial charge in [0.05, 0.1) is 16.1 Å². The van der Waals surface area contributed by atoms with E-state index in [1.54, 1.807) is 30.3 Å². The van der Waals surface area contributed by atoms with E-state index in [2.05, 4.69) is 10.2 Å². The second-order valence-corrected chi connectivity index (χ2v) is 6.69. The molecule has 0 atom stereocenters. The van der Waals surface area contributed by atoms with Gasteiger partial charge in [0.15, 0.2) is 28.2 Å². The van der Waals surface area contributed by atoms with Gasteiger partial charge in [-0.2, -0.15) is 13.2 Å². The van der Waals surface area contributed by atoms with E-state index in [0.29, 0.717) is 5.56 Å². The summed E-state index contributed by atoms with van der Waals surface area (Å²) in [4.78, 5) is 12.6. The highest BCUT2D eigenvalue weighted by Crippen LogP contribution is 2.39. The van der Waals surface area contributed by atoms with Crippen molar-refractivity contribution in [2.45, 2.75) is 12.8 Å². The number of hydrogen-bond acceptors (Lipinski definition) is 4.